The summed E-state index contributed by atoms with van der Waals surface area (Å²) in [5.41, 5.74) is 2.76. The van der Waals surface area contributed by atoms with E-state index in [1.54, 1.807) is 12.4 Å². The first-order valence-electron chi connectivity index (χ1n) is 6.35. The van der Waals surface area contributed by atoms with Gasteiger partial charge in [-0.25, -0.2) is 9.78 Å². The fourth-order valence-corrected chi connectivity index (χ4v) is 2.33. The highest BCUT2D eigenvalue weighted by molar-refractivity contribution is 7.14. The summed E-state index contributed by atoms with van der Waals surface area (Å²) in [6.07, 6.45) is 0. The van der Waals surface area contributed by atoms with Gasteiger partial charge in [-0.1, -0.05) is 6.07 Å². The number of carbonyl (C=O) groups is 1. The van der Waals surface area contributed by atoms with Gasteiger partial charge >= 0.3 is 5.97 Å². The minimum atomic E-state index is -0.419. The molecule has 0 aliphatic heterocycles. The second-order valence-corrected chi connectivity index (χ2v) is 4.69. The van der Waals surface area contributed by atoms with Crippen LogP contribution < -0.4 is 10.1 Å². The van der Waals surface area contributed by atoms with E-state index in [2.05, 4.69) is 10.3 Å². The van der Waals surface area contributed by atoms with E-state index in [1.165, 1.54) is 11.3 Å². The van der Waals surface area contributed by atoms with Crippen molar-refractivity contribution in [1.82, 2.24) is 4.98 Å². The Labute approximate surface area is 121 Å². The number of aromatic nitrogens is 1. The molecule has 0 saturated carbocycles. The fourth-order valence-electron chi connectivity index (χ4n) is 1.64. The van der Waals surface area contributed by atoms with Crippen LogP contribution in [0.1, 0.15) is 24.3 Å². The van der Waals surface area contributed by atoms with E-state index in [4.69, 9.17) is 9.47 Å². The molecular formula is C14H16N2O3S. The number of esters is 1. The standard InChI is InChI=1S/C14H16N2O3S/c1-3-18-11-7-5-6-10(8-11)16-13-12(15-9-20-13)14(17)19-4-2/h5-9,16H,3-4H2,1-2H3. The lowest BCUT2D eigenvalue weighted by atomic mass is 10.3. The SMILES string of the molecule is CCOC(=O)c1ncsc1Nc1cccc(OCC)c1. The summed E-state index contributed by atoms with van der Waals surface area (Å²) in [5.74, 6) is 0.358. The summed E-state index contributed by atoms with van der Waals surface area (Å²) in [6, 6.07) is 7.54. The highest BCUT2D eigenvalue weighted by Gasteiger charge is 2.16. The number of nitrogens with one attached hydrogen (secondary N) is 1. The van der Waals surface area contributed by atoms with E-state index >= 15 is 0 Å². The molecule has 6 heteroatoms. The van der Waals surface area contributed by atoms with Gasteiger partial charge in [0, 0.05) is 11.8 Å². The molecule has 0 unspecified atom stereocenters. The summed E-state index contributed by atoms with van der Waals surface area (Å²) < 4.78 is 10.4. The summed E-state index contributed by atoms with van der Waals surface area (Å²) in [7, 11) is 0. The molecule has 0 atom stereocenters. The largest absolute Gasteiger partial charge is 0.494 e. The monoisotopic (exact) mass is 292 g/mol. The van der Waals surface area contributed by atoms with Crippen LogP contribution >= 0.6 is 11.3 Å². The first kappa shape index (κ1) is 14.3. The molecule has 1 aromatic carbocycles. The number of hydrogen-bond donors (Lipinski definition) is 1. The molecule has 0 aliphatic rings. The molecule has 0 saturated heterocycles. The van der Waals surface area contributed by atoms with Crippen LogP contribution in [0.25, 0.3) is 0 Å². The number of thiazole rings is 1. The lowest BCUT2D eigenvalue weighted by Crippen LogP contribution is -2.07. The van der Waals surface area contributed by atoms with Gasteiger partial charge in [0.15, 0.2) is 5.69 Å². The molecule has 0 radical (unpaired) electrons. The number of anilines is 2. The van der Waals surface area contributed by atoms with Crippen molar-refractivity contribution < 1.29 is 14.3 Å². The van der Waals surface area contributed by atoms with Gasteiger partial charge in [-0.3, -0.25) is 0 Å². The van der Waals surface area contributed by atoms with Crippen LogP contribution in [0.5, 0.6) is 5.75 Å². The Hall–Kier alpha value is -2.08. The maximum Gasteiger partial charge on any atom is 0.360 e. The smallest absolute Gasteiger partial charge is 0.360 e. The zero-order valence-corrected chi connectivity index (χ0v) is 12.2. The Morgan fingerprint density at radius 3 is 2.95 bits per heavy atom. The van der Waals surface area contributed by atoms with Crippen molar-refractivity contribution in [3.63, 3.8) is 0 Å². The van der Waals surface area contributed by atoms with Crippen LogP contribution in [0.3, 0.4) is 0 Å². The number of carbonyl (C=O) groups excluding carboxylic acids is 1. The van der Waals surface area contributed by atoms with E-state index in [-0.39, 0.29) is 0 Å². The first-order valence-corrected chi connectivity index (χ1v) is 7.23. The third-order valence-corrected chi connectivity index (χ3v) is 3.18. The molecule has 1 aromatic heterocycles. The zero-order chi connectivity index (χ0) is 14.4. The lowest BCUT2D eigenvalue weighted by molar-refractivity contribution is 0.0521. The number of benzene rings is 1. The molecule has 0 bridgehead atoms. The van der Waals surface area contributed by atoms with Crippen LogP contribution in [0.15, 0.2) is 29.8 Å². The Morgan fingerprint density at radius 1 is 1.35 bits per heavy atom. The Kier molecular flexibility index (Phi) is 4.95. The van der Waals surface area contributed by atoms with Crippen molar-refractivity contribution in [2.24, 2.45) is 0 Å². The van der Waals surface area contributed by atoms with Crippen molar-refractivity contribution in [2.45, 2.75) is 13.8 Å². The quantitative estimate of drug-likeness (QED) is 0.826. The molecule has 2 rings (SSSR count). The van der Waals surface area contributed by atoms with Gasteiger partial charge < -0.3 is 14.8 Å². The highest BCUT2D eigenvalue weighted by Crippen LogP contribution is 2.27. The maximum atomic E-state index is 11.7. The van der Waals surface area contributed by atoms with Gasteiger partial charge in [0.1, 0.15) is 10.8 Å². The molecule has 0 spiro atoms. The van der Waals surface area contributed by atoms with Crippen LogP contribution in [-0.4, -0.2) is 24.2 Å². The number of hydrogen-bond acceptors (Lipinski definition) is 6. The van der Waals surface area contributed by atoms with Gasteiger partial charge in [0.2, 0.25) is 0 Å². The lowest BCUT2D eigenvalue weighted by Gasteiger charge is -2.08. The summed E-state index contributed by atoms with van der Waals surface area (Å²) >= 11 is 1.35. The third kappa shape index (κ3) is 3.48. The van der Waals surface area contributed by atoms with Crippen molar-refractivity contribution in [2.75, 3.05) is 18.5 Å². The van der Waals surface area contributed by atoms with Crippen LogP contribution in [0.4, 0.5) is 10.7 Å². The Bertz CT molecular complexity index is 583. The molecule has 1 N–H and O–H groups in total. The van der Waals surface area contributed by atoms with E-state index in [1.807, 2.05) is 31.2 Å². The van der Waals surface area contributed by atoms with Crippen LogP contribution in [-0.2, 0) is 4.74 Å². The minimum absolute atomic E-state index is 0.304. The van der Waals surface area contributed by atoms with Gasteiger partial charge in [0.25, 0.3) is 0 Å². The first-order chi connectivity index (χ1) is 9.74. The molecule has 5 nitrogen and oxygen atoms in total. The van der Waals surface area contributed by atoms with Gasteiger partial charge in [-0.15, -0.1) is 11.3 Å². The number of nitrogens with zero attached hydrogens (tertiary/aromatic N) is 1. The molecule has 0 amide bonds. The van der Waals surface area contributed by atoms with E-state index in [9.17, 15) is 4.79 Å². The van der Waals surface area contributed by atoms with Crippen molar-refractivity contribution >= 4 is 28.0 Å². The predicted octanol–water partition coefficient (Wildman–Crippen LogP) is 3.46. The average Bonchev–Trinajstić information content (AvgIpc) is 2.88. The molecule has 1 heterocycles. The van der Waals surface area contributed by atoms with E-state index in [0.29, 0.717) is 23.9 Å². The summed E-state index contributed by atoms with van der Waals surface area (Å²) in [5, 5.41) is 3.83. The molecular weight excluding hydrogens is 276 g/mol. The molecule has 106 valence electrons. The molecule has 0 aliphatic carbocycles. The van der Waals surface area contributed by atoms with Crippen molar-refractivity contribution in [3.8, 4) is 5.75 Å². The minimum Gasteiger partial charge on any atom is -0.494 e. The van der Waals surface area contributed by atoms with Crippen molar-refractivity contribution in [1.29, 1.82) is 0 Å². The summed E-state index contributed by atoms with van der Waals surface area (Å²) in [6.45, 7) is 4.64. The van der Waals surface area contributed by atoms with Gasteiger partial charge in [-0.05, 0) is 26.0 Å². The number of ether oxygens (including phenoxy) is 2. The molecule has 2 aromatic rings. The number of rotatable bonds is 6. The fraction of sp³-hybridized carbons (Fsp3) is 0.286. The van der Waals surface area contributed by atoms with E-state index < -0.39 is 5.97 Å². The Balaban J connectivity index is 2.16. The normalized spacial score (nSPS) is 10.1. The maximum absolute atomic E-state index is 11.7. The second kappa shape index (κ2) is 6.91. The van der Waals surface area contributed by atoms with Crippen molar-refractivity contribution in [3.05, 3.63) is 35.5 Å². The zero-order valence-electron chi connectivity index (χ0n) is 11.4. The van der Waals surface area contributed by atoms with Gasteiger partial charge in [-0.2, -0.15) is 0 Å². The van der Waals surface area contributed by atoms with Crippen LogP contribution in [0, 0.1) is 0 Å². The molecule has 20 heavy (non-hydrogen) atoms. The highest BCUT2D eigenvalue weighted by atomic mass is 32.1. The van der Waals surface area contributed by atoms with Gasteiger partial charge in [0.05, 0.1) is 18.7 Å². The second-order valence-electron chi connectivity index (χ2n) is 3.84. The predicted molar refractivity (Wildman–Crippen MR) is 79.0 cm³/mol. The molecule has 0 fully saturated rings. The topological polar surface area (TPSA) is 60.5 Å². The summed E-state index contributed by atoms with van der Waals surface area (Å²) in [4.78, 5) is 15.8. The Morgan fingerprint density at radius 2 is 2.20 bits per heavy atom. The average molecular weight is 292 g/mol. The van der Waals surface area contributed by atoms with Crippen LogP contribution in [0.2, 0.25) is 0 Å². The third-order valence-electron chi connectivity index (χ3n) is 2.44. The van der Waals surface area contributed by atoms with E-state index in [0.717, 1.165) is 11.4 Å².